The molecule has 0 aliphatic carbocycles. The smallest absolute Gasteiger partial charge is 0.416 e. The second kappa shape index (κ2) is 8.00. The van der Waals surface area contributed by atoms with Crippen molar-refractivity contribution in [3.8, 4) is 5.75 Å². The van der Waals surface area contributed by atoms with Crippen molar-refractivity contribution < 1.29 is 27.8 Å². The number of aliphatic hydroxyl groups excluding tert-OH is 1. The van der Waals surface area contributed by atoms with Gasteiger partial charge in [-0.2, -0.15) is 13.2 Å². The summed E-state index contributed by atoms with van der Waals surface area (Å²) in [5, 5.41) is 12.2. The molecule has 0 saturated carbocycles. The van der Waals surface area contributed by atoms with Crippen LogP contribution in [-0.2, 0) is 11.0 Å². The number of nitrogens with one attached hydrogen (secondary N) is 1. The number of rotatable bonds is 7. The monoisotopic (exact) mass is 320 g/mol. The third-order valence-corrected chi connectivity index (χ3v) is 2.84. The number of benzene rings is 1. The number of hydrogen-bond acceptors (Lipinski definition) is 4. The van der Waals surface area contributed by atoms with Gasteiger partial charge < -0.3 is 15.2 Å². The number of halogens is 3. The second-order valence-electron chi connectivity index (χ2n) is 4.86. The molecule has 0 aromatic heterocycles. The van der Waals surface area contributed by atoms with Gasteiger partial charge in [0.05, 0.1) is 12.1 Å². The Balaban J connectivity index is 2.41. The number of carbonyl (C=O) groups excluding carboxylic acids is 1. The van der Waals surface area contributed by atoms with Crippen molar-refractivity contribution in [1.29, 1.82) is 0 Å². The first-order valence-electron chi connectivity index (χ1n) is 6.59. The molecule has 124 valence electrons. The summed E-state index contributed by atoms with van der Waals surface area (Å²) >= 11 is 0. The second-order valence-corrected chi connectivity index (χ2v) is 4.86. The van der Waals surface area contributed by atoms with Crippen LogP contribution in [0.15, 0.2) is 24.3 Å². The topological polar surface area (TPSA) is 61.8 Å². The molecule has 0 aliphatic heterocycles. The molecule has 8 heteroatoms. The highest BCUT2D eigenvalue weighted by Gasteiger charge is 2.30. The Morgan fingerprint density at radius 2 is 1.95 bits per heavy atom. The molecule has 5 nitrogen and oxygen atoms in total. The molecule has 0 aliphatic rings. The Morgan fingerprint density at radius 1 is 1.36 bits per heavy atom. The van der Waals surface area contributed by atoms with Crippen LogP contribution in [0.4, 0.5) is 13.2 Å². The van der Waals surface area contributed by atoms with E-state index in [-0.39, 0.29) is 31.4 Å². The Morgan fingerprint density at radius 3 is 2.45 bits per heavy atom. The Kier molecular flexibility index (Phi) is 6.63. The summed E-state index contributed by atoms with van der Waals surface area (Å²) in [6.45, 7) is 0.255. The van der Waals surface area contributed by atoms with Crippen molar-refractivity contribution in [3.05, 3.63) is 29.8 Å². The van der Waals surface area contributed by atoms with Crippen molar-refractivity contribution in [2.24, 2.45) is 0 Å². The van der Waals surface area contributed by atoms with E-state index in [1.807, 2.05) is 0 Å². The van der Waals surface area contributed by atoms with Gasteiger partial charge >= 0.3 is 6.18 Å². The molecule has 0 bridgehead atoms. The minimum absolute atomic E-state index is 0.0799. The Bertz CT molecular complexity index is 477. The molecule has 1 amide bonds. The number of nitrogens with zero attached hydrogens (tertiary/aromatic N) is 1. The number of aliphatic hydroxyl groups is 1. The molecule has 0 spiro atoms. The maximum absolute atomic E-state index is 12.4. The minimum Gasteiger partial charge on any atom is -0.491 e. The molecule has 0 fully saturated rings. The maximum Gasteiger partial charge on any atom is 0.416 e. The average Bonchev–Trinajstić information content (AvgIpc) is 2.44. The quantitative estimate of drug-likeness (QED) is 0.790. The number of carbonyl (C=O) groups is 1. The van der Waals surface area contributed by atoms with Gasteiger partial charge in [-0.3, -0.25) is 9.69 Å². The molecule has 0 saturated heterocycles. The van der Waals surface area contributed by atoms with Gasteiger partial charge in [-0.15, -0.1) is 0 Å². The van der Waals surface area contributed by atoms with Crippen molar-refractivity contribution in [3.63, 3.8) is 0 Å². The van der Waals surface area contributed by atoms with Crippen molar-refractivity contribution >= 4 is 5.91 Å². The first-order chi connectivity index (χ1) is 10.2. The molecule has 1 atom stereocenters. The lowest BCUT2D eigenvalue weighted by molar-refractivity contribution is -0.137. The highest BCUT2D eigenvalue weighted by atomic mass is 19.4. The van der Waals surface area contributed by atoms with E-state index < -0.39 is 17.8 Å². The van der Waals surface area contributed by atoms with Crippen molar-refractivity contribution in [2.45, 2.75) is 12.3 Å². The SMILES string of the molecule is CNC(=O)CN(C)C[C@@H](O)COc1ccc(C(F)(F)F)cc1. The average molecular weight is 320 g/mol. The standard InChI is InChI=1S/C14H19F3N2O3/c1-18-13(21)8-19(2)7-11(20)9-22-12-5-3-10(4-6-12)14(15,16)17/h3-6,11,20H,7-9H2,1-2H3,(H,18,21)/t11-/m1/s1. The van der Waals surface area contributed by atoms with Crippen LogP contribution in [0.5, 0.6) is 5.75 Å². The fourth-order valence-electron chi connectivity index (χ4n) is 1.73. The lowest BCUT2D eigenvalue weighted by atomic mass is 10.2. The van der Waals surface area contributed by atoms with E-state index in [4.69, 9.17) is 4.74 Å². The normalized spacial score (nSPS) is 13.0. The van der Waals surface area contributed by atoms with E-state index in [1.54, 1.807) is 11.9 Å². The Hall–Kier alpha value is -1.80. The fraction of sp³-hybridized carbons (Fsp3) is 0.500. The van der Waals surface area contributed by atoms with Gasteiger partial charge in [0.25, 0.3) is 0 Å². The van der Waals surface area contributed by atoms with Gasteiger partial charge in [0.1, 0.15) is 18.5 Å². The van der Waals surface area contributed by atoms with Gasteiger partial charge in [-0.1, -0.05) is 0 Å². The molecule has 0 heterocycles. The molecule has 1 aromatic rings. The molecule has 22 heavy (non-hydrogen) atoms. The molecular formula is C14H19F3N2O3. The number of likely N-dealkylation sites (N-methyl/N-ethyl adjacent to an activating group) is 2. The highest BCUT2D eigenvalue weighted by Crippen LogP contribution is 2.30. The lowest BCUT2D eigenvalue weighted by Crippen LogP contribution is -2.39. The Labute approximate surface area is 126 Å². The van der Waals surface area contributed by atoms with E-state index in [1.165, 1.54) is 19.2 Å². The molecule has 1 rings (SSSR count). The summed E-state index contributed by atoms with van der Waals surface area (Å²) in [6, 6.07) is 4.23. The molecular weight excluding hydrogens is 301 g/mol. The third kappa shape index (κ3) is 6.31. The van der Waals surface area contributed by atoms with Gasteiger partial charge in [0.15, 0.2) is 0 Å². The van der Waals surface area contributed by atoms with Crippen LogP contribution in [0.1, 0.15) is 5.56 Å². The number of ether oxygens (including phenoxy) is 1. The summed E-state index contributed by atoms with van der Waals surface area (Å²) in [7, 11) is 3.18. The van der Waals surface area contributed by atoms with Crippen LogP contribution in [0.25, 0.3) is 0 Å². The predicted molar refractivity (Wildman–Crippen MR) is 74.5 cm³/mol. The number of amides is 1. The molecule has 0 unspecified atom stereocenters. The summed E-state index contributed by atoms with van der Waals surface area (Å²) < 4.78 is 42.4. The largest absolute Gasteiger partial charge is 0.491 e. The molecule has 0 radical (unpaired) electrons. The maximum atomic E-state index is 12.4. The van der Waals surface area contributed by atoms with E-state index in [0.29, 0.717) is 0 Å². The van der Waals surface area contributed by atoms with Crippen LogP contribution < -0.4 is 10.1 Å². The highest BCUT2D eigenvalue weighted by molar-refractivity contribution is 5.77. The first kappa shape index (κ1) is 18.2. The summed E-state index contributed by atoms with van der Waals surface area (Å²) in [6.07, 6.45) is -5.25. The van der Waals surface area contributed by atoms with Crippen LogP contribution in [0.2, 0.25) is 0 Å². The first-order valence-corrected chi connectivity index (χ1v) is 6.59. The molecule has 1 aromatic carbocycles. The third-order valence-electron chi connectivity index (χ3n) is 2.84. The number of hydrogen-bond donors (Lipinski definition) is 2. The molecule has 2 N–H and O–H groups in total. The van der Waals surface area contributed by atoms with Crippen LogP contribution >= 0.6 is 0 Å². The van der Waals surface area contributed by atoms with Crippen LogP contribution in [0.3, 0.4) is 0 Å². The van der Waals surface area contributed by atoms with E-state index in [0.717, 1.165) is 12.1 Å². The summed E-state index contributed by atoms with van der Waals surface area (Å²) in [4.78, 5) is 12.7. The van der Waals surface area contributed by atoms with Gasteiger partial charge in [-0.25, -0.2) is 0 Å². The number of alkyl halides is 3. The van der Waals surface area contributed by atoms with Gasteiger partial charge in [0, 0.05) is 13.6 Å². The minimum atomic E-state index is -4.39. The lowest BCUT2D eigenvalue weighted by Gasteiger charge is -2.20. The van der Waals surface area contributed by atoms with Crippen molar-refractivity contribution in [1.82, 2.24) is 10.2 Å². The zero-order valence-electron chi connectivity index (χ0n) is 12.4. The predicted octanol–water partition coefficient (Wildman–Crippen LogP) is 1.12. The van der Waals surface area contributed by atoms with Gasteiger partial charge in [0.2, 0.25) is 5.91 Å². The van der Waals surface area contributed by atoms with Crippen molar-refractivity contribution in [2.75, 3.05) is 33.8 Å². The zero-order chi connectivity index (χ0) is 16.8. The summed E-state index contributed by atoms with van der Waals surface area (Å²) in [5.74, 6) is 0.0550. The van der Waals surface area contributed by atoms with Gasteiger partial charge in [-0.05, 0) is 31.3 Å². The van der Waals surface area contributed by atoms with E-state index in [2.05, 4.69) is 5.32 Å². The van der Waals surface area contributed by atoms with Crippen LogP contribution in [-0.4, -0.2) is 55.8 Å². The van der Waals surface area contributed by atoms with E-state index >= 15 is 0 Å². The summed E-state index contributed by atoms with van der Waals surface area (Å²) in [5.41, 5.74) is -0.759. The van der Waals surface area contributed by atoms with Crippen LogP contribution in [0, 0.1) is 0 Å². The fourth-order valence-corrected chi connectivity index (χ4v) is 1.73. The zero-order valence-corrected chi connectivity index (χ0v) is 12.4. The van der Waals surface area contributed by atoms with E-state index in [9.17, 15) is 23.1 Å².